The fourth-order valence-corrected chi connectivity index (χ4v) is 2.41. The third-order valence-electron chi connectivity index (χ3n) is 3.48. The quantitative estimate of drug-likeness (QED) is 0.922. The summed E-state index contributed by atoms with van der Waals surface area (Å²) in [5.74, 6) is 1.28. The summed E-state index contributed by atoms with van der Waals surface area (Å²) in [6, 6.07) is 11.4. The van der Waals surface area contributed by atoms with E-state index >= 15 is 0 Å². The van der Waals surface area contributed by atoms with Crippen LogP contribution in [0.3, 0.4) is 0 Å². The van der Waals surface area contributed by atoms with E-state index < -0.39 is 0 Å². The van der Waals surface area contributed by atoms with Gasteiger partial charge in [-0.25, -0.2) is 0 Å². The lowest BCUT2D eigenvalue weighted by molar-refractivity contribution is 0.0947. The topological polar surface area (TPSA) is 47.6 Å². The predicted molar refractivity (Wildman–Crippen MR) is 86.6 cm³/mol. The summed E-state index contributed by atoms with van der Waals surface area (Å²) in [5, 5.41) is 2.92. The van der Waals surface area contributed by atoms with Gasteiger partial charge in [0.1, 0.15) is 11.5 Å². The summed E-state index contributed by atoms with van der Waals surface area (Å²) in [6.45, 7) is 4.36. The number of hydrogen-bond donors (Lipinski definition) is 1. The van der Waals surface area contributed by atoms with Gasteiger partial charge in [-0.1, -0.05) is 18.2 Å². The molecule has 2 aromatic rings. The average molecular weight is 299 g/mol. The monoisotopic (exact) mass is 299 g/mol. The Morgan fingerprint density at radius 3 is 2.32 bits per heavy atom. The van der Waals surface area contributed by atoms with Gasteiger partial charge in [0.2, 0.25) is 0 Å². The van der Waals surface area contributed by atoms with Crippen molar-refractivity contribution < 1.29 is 14.3 Å². The molecule has 1 N–H and O–H groups in total. The maximum Gasteiger partial charge on any atom is 0.255 e. The highest BCUT2D eigenvalue weighted by Crippen LogP contribution is 2.25. The molecule has 0 saturated carbocycles. The fraction of sp³-hybridized carbons (Fsp3) is 0.278. The van der Waals surface area contributed by atoms with Gasteiger partial charge in [0.25, 0.3) is 5.91 Å². The molecule has 0 heterocycles. The summed E-state index contributed by atoms with van der Waals surface area (Å²) >= 11 is 0. The van der Waals surface area contributed by atoms with E-state index in [1.807, 2.05) is 50.2 Å². The number of hydrogen-bond acceptors (Lipinski definition) is 3. The number of nitrogens with one attached hydrogen (secondary N) is 1. The second kappa shape index (κ2) is 6.98. The van der Waals surface area contributed by atoms with Crippen LogP contribution < -0.4 is 14.8 Å². The molecule has 0 aliphatic rings. The van der Waals surface area contributed by atoms with Gasteiger partial charge in [0, 0.05) is 6.54 Å². The van der Waals surface area contributed by atoms with E-state index in [0.29, 0.717) is 17.9 Å². The molecule has 0 unspecified atom stereocenters. The third kappa shape index (κ3) is 3.58. The maximum atomic E-state index is 12.4. The summed E-state index contributed by atoms with van der Waals surface area (Å²) in [5.41, 5.74) is 3.57. The molecular formula is C18H21NO3. The van der Waals surface area contributed by atoms with Crippen LogP contribution in [0.4, 0.5) is 0 Å². The van der Waals surface area contributed by atoms with Crippen LogP contribution in [0.1, 0.15) is 27.0 Å². The van der Waals surface area contributed by atoms with E-state index in [2.05, 4.69) is 5.32 Å². The van der Waals surface area contributed by atoms with Crippen LogP contribution in [0.25, 0.3) is 0 Å². The molecule has 0 aromatic heterocycles. The van der Waals surface area contributed by atoms with Crippen LogP contribution in [0.5, 0.6) is 11.5 Å². The van der Waals surface area contributed by atoms with E-state index in [0.717, 1.165) is 22.4 Å². The summed E-state index contributed by atoms with van der Waals surface area (Å²) in [7, 11) is 3.21. The van der Waals surface area contributed by atoms with E-state index in [1.165, 1.54) is 0 Å². The molecule has 4 nitrogen and oxygen atoms in total. The molecule has 0 saturated heterocycles. The van der Waals surface area contributed by atoms with Gasteiger partial charge in [-0.05, 0) is 48.7 Å². The Labute approximate surface area is 131 Å². The van der Waals surface area contributed by atoms with Crippen molar-refractivity contribution in [3.8, 4) is 11.5 Å². The predicted octanol–water partition coefficient (Wildman–Crippen LogP) is 3.25. The summed E-state index contributed by atoms with van der Waals surface area (Å²) in [6.07, 6.45) is 0. The molecule has 0 aliphatic carbocycles. The first kappa shape index (κ1) is 15.9. The van der Waals surface area contributed by atoms with Crippen molar-refractivity contribution in [2.75, 3.05) is 14.2 Å². The van der Waals surface area contributed by atoms with Gasteiger partial charge >= 0.3 is 0 Å². The zero-order valence-electron chi connectivity index (χ0n) is 13.4. The SMILES string of the molecule is COc1ccc(CNC(=O)c2cc(C)cc(C)c2OC)cc1. The van der Waals surface area contributed by atoms with Gasteiger partial charge in [-0.15, -0.1) is 0 Å². The first-order valence-corrected chi connectivity index (χ1v) is 7.11. The van der Waals surface area contributed by atoms with Crippen LogP contribution in [-0.4, -0.2) is 20.1 Å². The Morgan fingerprint density at radius 2 is 1.73 bits per heavy atom. The van der Waals surface area contributed by atoms with Gasteiger partial charge in [-0.2, -0.15) is 0 Å². The third-order valence-corrected chi connectivity index (χ3v) is 3.48. The minimum atomic E-state index is -0.139. The van der Waals surface area contributed by atoms with Crippen LogP contribution in [0.2, 0.25) is 0 Å². The number of benzene rings is 2. The highest BCUT2D eigenvalue weighted by Gasteiger charge is 2.14. The number of carbonyl (C=O) groups is 1. The van der Waals surface area contributed by atoms with E-state index in [4.69, 9.17) is 9.47 Å². The fourth-order valence-electron chi connectivity index (χ4n) is 2.41. The molecule has 0 bridgehead atoms. The normalized spacial score (nSPS) is 10.2. The van der Waals surface area contributed by atoms with Crippen molar-refractivity contribution in [2.45, 2.75) is 20.4 Å². The molecule has 0 atom stereocenters. The zero-order chi connectivity index (χ0) is 16.1. The molecule has 2 aromatic carbocycles. The van der Waals surface area contributed by atoms with Gasteiger partial charge in [-0.3, -0.25) is 4.79 Å². The molecule has 116 valence electrons. The molecule has 0 radical (unpaired) electrons. The molecule has 2 rings (SSSR count). The second-order valence-electron chi connectivity index (χ2n) is 5.19. The summed E-state index contributed by atoms with van der Waals surface area (Å²) in [4.78, 5) is 12.4. The minimum absolute atomic E-state index is 0.139. The van der Waals surface area contributed by atoms with E-state index in [9.17, 15) is 4.79 Å². The Morgan fingerprint density at radius 1 is 1.05 bits per heavy atom. The number of amides is 1. The van der Waals surface area contributed by atoms with Crippen LogP contribution in [0, 0.1) is 13.8 Å². The van der Waals surface area contributed by atoms with E-state index in [1.54, 1.807) is 14.2 Å². The largest absolute Gasteiger partial charge is 0.497 e. The number of ether oxygens (including phenoxy) is 2. The smallest absolute Gasteiger partial charge is 0.255 e. The highest BCUT2D eigenvalue weighted by atomic mass is 16.5. The molecule has 0 spiro atoms. The molecular weight excluding hydrogens is 278 g/mol. The number of rotatable bonds is 5. The van der Waals surface area contributed by atoms with Crippen molar-refractivity contribution in [1.29, 1.82) is 0 Å². The van der Waals surface area contributed by atoms with Crippen LogP contribution >= 0.6 is 0 Å². The van der Waals surface area contributed by atoms with Gasteiger partial charge in [0.05, 0.1) is 19.8 Å². The number of methoxy groups -OCH3 is 2. The first-order valence-electron chi connectivity index (χ1n) is 7.11. The molecule has 22 heavy (non-hydrogen) atoms. The lowest BCUT2D eigenvalue weighted by Crippen LogP contribution is -2.23. The Hall–Kier alpha value is -2.49. The Balaban J connectivity index is 2.12. The first-order chi connectivity index (χ1) is 10.5. The maximum absolute atomic E-state index is 12.4. The van der Waals surface area contributed by atoms with Crippen molar-refractivity contribution in [3.63, 3.8) is 0 Å². The highest BCUT2D eigenvalue weighted by molar-refractivity contribution is 5.97. The molecule has 0 aliphatic heterocycles. The standard InChI is InChI=1S/C18H21NO3/c1-12-9-13(2)17(22-4)16(10-12)18(20)19-11-14-5-7-15(21-3)8-6-14/h5-10H,11H2,1-4H3,(H,19,20). The molecule has 0 fully saturated rings. The van der Waals surface area contributed by atoms with Crippen LogP contribution in [0.15, 0.2) is 36.4 Å². The average Bonchev–Trinajstić information content (AvgIpc) is 2.52. The van der Waals surface area contributed by atoms with Gasteiger partial charge < -0.3 is 14.8 Å². The zero-order valence-corrected chi connectivity index (χ0v) is 13.4. The number of carbonyl (C=O) groups excluding carboxylic acids is 1. The lowest BCUT2D eigenvalue weighted by Gasteiger charge is -2.13. The molecule has 1 amide bonds. The Bertz CT molecular complexity index is 663. The van der Waals surface area contributed by atoms with Crippen molar-refractivity contribution >= 4 is 5.91 Å². The Kier molecular flexibility index (Phi) is 5.04. The van der Waals surface area contributed by atoms with Crippen LogP contribution in [-0.2, 0) is 6.54 Å². The van der Waals surface area contributed by atoms with Gasteiger partial charge in [0.15, 0.2) is 0 Å². The molecule has 4 heteroatoms. The van der Waals surface area contributed by atoms with Crippen molar-refractivity contribution in [3.05, 3.63) is 58.7 Å². The van der Waals surface area contributed by atoms with E-state index in [-0.39, 0.29) is 5.91 Å². The number of aryl methyl sites for hydroxylation is 2. The minimum Gasteiger partial charge on any atom is -0.497 e. The second-order valence-corrected chi connectivity index (χ2v) is 5.19. The van der Waals surface area contributed by atoms with Crippen molar-refractivity contribution in [2.24, 2.45) is 0 Å². The van der Waals surface area contributed by atoms with Crippen molar-refractivity contribution in [1.82, 2.24) is 5.32 Å². The lowest BCUT2D eigenvalue weighted by atomic mass is 10.0. The summed E-state index contributed by atoms with van der Waals surface area (Å²) < 4.78 is 10.5.